The number of ether oxygens (including phenoxy) is 1. The van der Waals surface area contributed by atoms with Crippen molar-refractivity contribution >= 4 is 17.7 Å². The topological polar surface area (TPSA) is 70.6 Å². The molecule has 2 rings (SSSR count). The summed E-state index contributed by atoms with van der Waals surface area (Å²) in [5, 5.41) is 14.5. The second-order valence-corrected chi connectivity index (χ2v) is 5.77. The second-order valence-electron chi connectivity index (χ2n) is 5.33. The van der Waals surface area contributed by atoms with Gasteiger partial charge in [-0.3, -0.25) is 0 Å². The molecule has 1 aliphatic heterocycles. The van der Waals surface area contributed by atoms with Crippen LogP contribution in [0.25, 0.3) is 0 Å². The van der Waals surface area contributed by atoms with Gasteiger partial charge in [-0.15, -0.1) is 0 Å². The summed E-state index contributed by atoms with van der Waals surface area (Å²) in [6.45, 7) is 2.16. The molecular weight excluding hydrogens is 311 g/mol. The van der Waals surface area contributed by atoms with Crippen LogP contribution in [0.4, 0.5) is 9.18 Å². The molecule has 0 saturated carbocycles. The van der Waals surface area contributed by atoms with E-state index in [9.17, 15) is 9.18 Å². The Hall–Kier alpha value is -1.37. The summed E-state index contributed by atoms with van der Waals surface area (Å²) in [7, 11) is 0. The van der Waals surface area contributed by atoms with Gasteiger partial charge in [0.15, 0.2) is 0 Å². The smallest absolute Gasteiger partial charge is 0.404 e. The Kier molecular flexibility index (Phi) is 6.42. The fraction of sp³-hybridized carbons (Fsp3) is 0.533. The predicted molar refractivity (Wildman–Crippen MR) is 81.7 cm³/mol. The average molecular weight is 331 g/mol. The van der Waals surface area contributed by atoms with Crippen LogP contribution in [0.3, 0.4) is 0 Å². The molecule has 1 saturated heterocycles. The van der Waals surface area contributed by atoms with E-state index in [1.54, 1.807) is 6.07 Å². The van der Waals surface area contributed by atoms with Crippen molar-refractivity contribution in [2.24, 2.45) is 5.92 Å². The van der Waals surface area contributed by atoms with Crippen molar-refractivity contribution in [3.05, 3.63) is 34.6 Å². The molecule has 5 nitrogen and oxygen atoms in total. The van der Waals surface area contributed by atoms with Crippen molar-refractivity contribution in [2.45, 2.75) is 18.9 Å². The maximum atomic E-state index is 13.6. The fourth-order valence-corrected chi connectivity index (χ4v) is 2.96. The third-order valence-corrected chi connectivity index (χ3v) is 3.87. The van der Waals surface area contributed by atoms with Crippen LogP contribution in [0.15, 0.2) is 18.2 Å². The Labute approximate surface area is 133 Å². The summed E-state index contributed by atoms with van der Waals surface area (Å²) in [6, 6.07) is 4.39. The van der Waals surface area contributed by atoms with Crippen molar-refractivity contribution < 1.29 is 19.0 Å². The minimum absolute atomic E-state index is 0.190. The SMILES string of the molecule is O=C(O)NCCOC(c1cc(F)cc(Cl)c1)C1CCCNC1. The lowest BCUT2D eigenvalue weighted by atomic mass is 9.89. The van der Waals surface area contributed by atoms with Gasteiger partial charge in [0.05, 0.1) is 12.7 Å². The van der Waals surface area contributed by atoms with Gasteiger partial charge in [0.1, 0.15) is 5.82 Å². The highest BCUT2D eigenvalue weighted by molar-refractivity contribution is 6.30. The van der Waals surface area contributed by atoms with Crippen LogP contribution in [-0.2, 0) is 4.74 Å². The van der Waals surface area contributed by atoms with E-state index in [1.807, 2.05) is 0 Å². The van der Waals surface area contributed by atoms with E-state index < -0.39 is 11.9 Å². The molecule has 3 N–H and O–H groups in total. The summed E-state index contributed by atoms with van der Waals surface area (Å²) in [4.78, 5) is 10.5. The van der Waals surface area contributed by atoms with Crippen LogP contribution in [0.1, 0.15) is 24.5 Å². The first kappa shape index (κ1) is 17.0. The molecule has 22 heavy (non-hydrogen) atoms. The largest absolute Gasteiger partial charge is 0.465 e. The summed E-state index contributed by atoms with van der Waals surface area (Å²) in [5.74, 6) is -0.194. The monoisotopic (exact) mass is 330 g/mol. The molecule has 0 bridgehead atoms. The molecule has 0 aromatic heterocycles. The van der Waals surface area contributed by atoms with E-state index in [2.05, 4.69) is 10.6 Å². The maximum Gasteiger partial charge on any atom is 0.404 e. The Balaban J connectivity index is 2.07. The first-order valence-electron chi connectivity index (χ1n) is 7.31. The molecule has 1 aliphatic rings. The summed E-state index contributed by atoms with van der Waals surface area (Å²) in [5.41, 5.74) is 0.689. The van der Waals surface area contributed by atoms with E-state index in [4.69, 9.17) is 21.4 Å². The maximum absolute atomic E-state index is 13.6. The van der Waals surface area contributed by atoms with Crippen LogP contribution in [-0.4, -0.2) is 37.4 Å². The zero-order valence-corrected chi connectivity index (χ0v) is 12.9. The highest BCUT2D eigenvalue weighted by Gasteiger charge is 2.26. The van der Waals surface area contributed by atoms with E-state index in [0.29, 0.717) is 10.6 Å². The zero-order chi connectivity index (χ0) is 15.9. The number of carbonyl (C=O) groups is 1. The predicted octanol–water partition coefficient (Wildman–Crippen LogP) is 2.80. The Morgan fingerprint density at radius 1 is 1.55 bits per heavy atom. The van der Waals surface area contributed by atoms with Crippen molar-refractivity contribution in [3.8, 4) is 0 Å². The molecule has 0 aliphatic carbocycles. The third-order valence-electron chi connectivity index (χ3n) is 3.65. The second kappa shape index (κ2) is 8.31. The molecule has 2 unspecified atom stereocenters. The van der Waals surface area contributed by atoms with E-state index in [0.717, 1.165) is 25.9 Å². The highest BCUT2D eigenvalue weighted by Crippen LogP contribution is 2.32. The minimum Gasteiger partial charge on any atom is -0.465 e. The molecule has 2 atom stereocenters. The lowest BCUT2D eigenvalue weighted by Gasteiger charge is -2.31. The number of hydrogen-bond donors (Lipinski definition) is 3. The van der Waals surface area contributed by atoms with Crippen LogP contribution >= 0.6 is 11.6 Å². The van der Waals surface area contributed by atoms with E-state index in [1.165, 1.54) is 12.1 Å². The number of halogens is 2. The molecule has 0 spiro atoms. The molecule has 0 radical (unpaired) electrons. The van der Waals surface area contributed by atoms with Crippen molar-refractivity contribution in [1.82, 2.24) is 10.6 Å². The Morgan fingerprint density at radius 3 is 3.00 bits per heavy atom. The van der Waals surface area contributed by atoms with Crippen LogP contribution in [0.2, 0.25) is 5.02 Å². The van der Waals surface area contributed by atoms with Gasteiger partial charge in [0.2, 0.25) is 0 Å². The number of benzene rings is 1. The minimum atomic E-state index is -1.09. The molecule has 7 heteroatoms. The number of carboxylic acid groups (broad SMARTS) is 1. The number of rotatable bonds is 6. The average Bonchev–Trinajstić information content (AvgIpc) is 2.46. The summed E-state index contributed by atoms with van der Waals surface area (Å²) >= 11 is 5.93. The van der Waals surface area contributed by atoms with Crippen molar-refractivity contribution in [3.63, 3.8) is 0 Å². The van der Waals surface area contributed by atoms with Crippen molar-refractivity contribution in [2.75, 3.05) is 26.2 Å². The van der Waals surface area contributed by atoms with Gasteiger partial charge in [0, 0.05) is 24.0 Å². The zero-order valence-electron chi connectivity index (χ0n) is 12.1. The quantitative estimate of drug-likeness (QED) is 0.701. The third kappa shape index (κ3) is 5.12. The molecular formula is C15H20ClFN2O3. The first-order chi connectivity index (χ1) is 10.6. The Morgan fingerprint density at radius 2 is 2.36 bits per heavy atom. The number of nitrogens with one attached hydrogen (secondary N) is 2. The molecule has 122 valence electrons. The van der Waals surface area contributed by atoms with Gasteiger partial charge in [0.25, 0.3) is 0 Å². The number of amides is 1. The molecule has 1 amide bonds. The molecule has 1 aromatic carbocycles. The van der Waals surface area contributed by atoms with Gasteiger partial charge in [-0.25, -0.2) is 9.18 Å². The van der Waals surface area contributed by atoms with Gasteiger partial charge >= 0.3 is 6.09 Å². The van der Waals surface area contributed by atoms with Gasteiger partial charge in [-0.2, -0.15) is 0 Å². The molecule has 1 aromatic rings. The number of hydrogen-bond acceptors (Lipinski definition) is 3. The lowest BCUT2D eigenvalue weighted by molar-refractivity contribution is 0.00477. The highest BCUT2D eigenvalue weighted by atomic mass is 35.5. The first-order valence-corrected chi connectivity index (χ1v) is 7.69. The lowest BCUT2D eigenvalue weighted by Crippen LogP contribution is -2.35. The fourth-order valence-electron chi connectivity index (χ4n) is 2.72. The van der Waals surface area contributed by atoms with Crippen LogP contribution < -0.4 is 10.6 Å². The van der Waals surface area contributed by atoms with Crippen LogP contribution in [0.5, 0.6) is 0 Å². The van der Waals surface area contributed by atoms with Crippen LogP contribution in [0, 0.1) is 11.7 Å². The van der Waals surface area contributed by atoms with Gasteiger partial charge < -0.3 is 20.5 Å². The van der Waals surface area contributed by atoms with E-state index >= 15 is 0 Å². The standard InChI is InChI=1S/C15H20ClFN2O3/c16-12-6-11(7-13(17)8-12)14(10-2-1-3-18-9-10)22-5-4-19-15(20)21/h6-8,10,14,18-19H,1-5,9H2,(H,20,21). The Bertz CT molecular complexity index is 489. The summed E-state index contributed by atoms with van der Waals surface area (Å²) in [6.07, 6.45) is 0.601. The van der Waals surface area contributed by atoms with Gasteiger partial charge in [-0.05, 0) is 43.1 Å². The summed E-state index contributed by atoms with van der Waals surface area (Å²) < 4.78 is 19.4. The van der Waals surface area contributed by atoms with Crippen molar-refractivity contribution in [1.29, 1.82) is 0 Å². The normalized spacial score (nSPS) is 19.6. The number of piperidine rings is 1. The molecule has 1 heterocycles. The van der Waals surface area contributed by atoms with Gasteiger partial charge in [-0.1, -0.05) is 11.6 Å². The van der Waals surface area contributed by atoms with E-state index in [-0.39, 0.29) is 25.2 Å². The molecule has 1 fully saturated rings.